The van der Waals surface area contributed by atoms with Gasteiger partial charge in [-0.05, 0) is 42.0 Å². The highest BCUT2D eigenvalue weighted by molar-refractivity contribution is 7.98. The predicted octanol–water partition coefficient (Wildman–Crippen LogP) is 5.79. The molecule has 4 nitrogen and oxygen atoms in total. The monoisotopic (exact) mass is 400 g/mol. The van der Waals surface area contributed by atoms with Crippen molar-refractivity contribution in [3.63, 3.8) is 0 Å². The number of aromatic nitrogens is 1. The Bertz CT molecular complexity index is 1140. The number of anilines is 1. The molecule has 5 heteroatoms. The first kappa shape index (κ1) is 19.0. The van der Waals surface area contributed by atoms with Crippen molar-refractivity contribution in [1.29, 1.82) is 0 Å². The van der Waals surface area contributed by atoms with Gasteiger partial charge >= 0.3 is 0 Å². The third-order valence-electron chi connectivity index (χ3n) is 4.53. The van der Waals surface area contributed by atoms with Crippen LogP contribution in [0.4, 0.5) is 5.69 Å². The number of rotatable bonds is 6. The number of fused-ring (bicyclic) bond motifs is 1. The number of methoxy groups -OCH3 is 1. The molecule has 1 heterocycles. The van der Waals surface area contributed by atoms with Crippen LogP contribution in [0.5, 0.6) is 5.75 Å². The van der Waals surface area contributed by atoms with E-state index in [4.69, 9.17) is 4.74 Å². The number of ether oxygens (including phenoxy) is 1. The van der Waals surface area contributed by atoms with Gasteiger partial charge in [0.15, 0.2) is 0 Å². The molecule has 1 amide bonds. The number of carbonyl (C=O) groups excluding carboxylic acids is 1. The second-order valence-corrected chi connectivity index (χ2v) is 7.48. The van der Waals surface area contributed by atoms with Gasteiger partial charge in [-0.25, -0.2) is 4.98 Å². The molecule has 0 saturated carbocycles. The third-order valence-corrected chi connectivity index (χ3v) is 5.53. The van der Waals surface area contributed by atoms with E-state index in [0.29, 0.717) is 17.0 Å². The number of thioether (sulfide) groups is 1. The summed E-state index contributed by atoms with van der Waals surface area (Å²) in [5.41, 5.74) is 3.40. The number of nitrogens with zero attached hydrogens (tertiary/aromatic N) is 1. The Morgan fingerprint density at radius 2 is 1.69 bits per heavy atom. The summed E-state index contributed by atoms with van der Waals surface area (Å²) < 4.78 is 5.28. The highest BCUT2D eigenvalue weighted by atomic mass is 32.2. The Kier molecular flexibility index (Phi) is 5.77. The molecule has 144 valence electrons. The minimum Gasteiger partial charge on any atom is -0.495 e. The Labute approximate surface area is 173 Å². The smallest absolute Gasteiger partial charge is 0.255 e. The van der Waals surface area contributed by atoms with E-state index in [1.54, 1.807) is 18.9 Å². The third kappa shape index (κ3) is 4.58. The van der Waals surface area contributed by atoms with E-state index < -0.39 is 0 Å². The van der Waals surface area contributed by atoms with Crippen molar-refractivity contribution in [2.45, 2.75) is 10.8 Å². The van der Waals surface area contributed by atoms with E-state index in [-0.39, 0.29) is 5.91 Å². The van der Waals surface area contributed by atoms with Gasteiger partial charge < -0.3 is 10.1 Å². The van der Waals surface area contributed by atoms with Crippen molar-refractivity contribution < 1.29 is 9.53 Å². The van der Waals surface area contributed by atoms with Crippen molar-refractivity contribution in [2.75, 3.05) is 12.4 Å². The van der Waals surface area contributed by atoms with Gasteiger partial charge in [-0.1, -0.05) is 48.5 Å². The SMILES string of the molecule is COc1ccccc1NC(=O)c1ccc(CSc2ccc3ccccc3n2)cc1. The standard InChI is InChI=1S/C24H20N2O2S/c1-28-22-9-5-4-8-21(22)26-24(27)19-12-10-17(11-13-19)16-29-23-15-14-18-6-2-3-7-20(18)25-23/h2-15H,16H2,1H3,(H,26,27). The number of pyridine rings is 1. The summed E-state index contributed by atoms with van der Waals surface area (Å²) in [4.78, 5) is 17.2. The van der Waals surface area contributed by atoms with E-state index in [1.807, 2.05) is 72.8 Å². The second-order valence-electron chi connectivity index (χ2n) is 6.48. The molecule has 0 aliphatic heterocycles. The summed E-state index contributed by atoms with van der Waals surface area (Å²) >= 11 is 1.68. The molecule has 0 bridgehead atoms. The molecular weight excluding hydrogens is 380 g/mol. The predicted molar refractivity (Wildman–Crippen MR) is 119 cm³/mol. The van der Waals surface area contributed by atoms with Gasteiger partial charge in [0.05, 0.1) is 23.3 Å². The lowest BCUT2D eigenvalue weighted by atomic mass is 10.1. The molecule has 0 aliphatic rings. The van der Waals surface area contributed by atoms with Crippen LogP contribution in [0.15, 0.2) is 90.0 Å². The van der Waals surface area contributed by atoms with Crippen LogP contribution in [0.1, 0.15) is 15.9 Å². The van der Waals surface area contributed by atoms with Gasteiger partial charge in [0, 0.05) is 16.7 Å². The molecule has 0 spiro atoms. The lowest BCUT2D eigenvalue weighted by Crippen LogP contribution is -2.12. The van der Waals surface area contributed by atoms with E-state index in [2.05, 4.69) is 22.4 Å². The number of hydrogen-bond donors (Lipinski definition) is 1. The minimum atomic E-state index is -0.162. The largest absolute Gasteiger partial charge is 0.495 e. The average molecular weight is 401 g/mol. The number of benzene rings is 3. The number of amides is 1. The second kappa shape index (κ2) is 8.80. The van der Waals surface area contributed by atoms with Crippen LogP contribution in [0.2, 0.25) is 0 Å². The van der Waals surface area contributed by atoms with E-state index in [1.165, 1.54) is 0 Å². The fraction of sp³-hybridized carbons (Fsp3) is 0.0833. The van der Waals surface area contributed by atoms with E-state index >= 15 is 0 Å². The van der Waals surface area contributed by atoms with Crippen LogP contribution < -0.4 is 10.1 Å². The first-order chi connectivity index (χ1) is 14.2. The number of carbonyl (C=O) groups is 1. The average Bonchev–Trinajstić information content (AvgIpc) is 2.78. The Hall–Kier alpha value is -3.31. The number of hydrogen-bond acceptors (Lipinski definition) is 4. The van der Waals surface area contributed by atoms with Gasteiger partial charge in [-0.3, -0.25) is 4.79 Å². The fourth-order valence-electron chi connectivity index (χ4n) is 2.98. The minimum absolute atomic E-state index is 0.162. The van der Waals surface area contributed by atoms with Gasteiger partial charge in [0.2, 0.25) is 0 Å². The normalized spacial score (nSPS) is 10.7. The van der Waals surface area contributed by atoms with E-state index in [0.717, 1.165) is 27.2 Å². The lowest BCUT2D eigenvalue weighted by Gasteiger charge is -2.10. The summed E-state index contributed by atoms with van der Waals surface area (Å²) in [7, 11) is 1.59. The summed E-state index contributed by atoms with van der Waals surface area (Å²) in [6.07, 6.45) is 0. The maximum atomic E-state index is 12.5. The topological polar surface area (TPSA) is 51.2 Å². The highest BCUT2D eigenvalue weighted by Crippen LogP contribution is 2.25. The van der Waals surface area contributed by atoms with E-state index in [9.17, 15) is 4.79 Å². The molecule has 0 saturated heterocycles. The zero-order chi connectivity index (χ0) is 20.1. The molecule has 4 rings (SSSR count). The quantitative estimate of drug-likeness (QED) is 0.416. The summed E-state index contributed by atoms with van der Waals surface area (Å²) in [5.74, 6) is 1.27. The first-order valence-corrected chi connectivity index (χ1v) is 10.2. The molecule has 0 atom stereocenters. The lowest BCUT2D eigenvalue weighted by molar-refractivity contribution is 0.102. The molecule has 4 aromatic rings. The molecule has 0 fully saturated rings. The maximum absolute atomic E-state index is 12.5. The zero-order valence-electron chi connectivity index (χ0n) is 16.0. The Morgan fingerprint density at radius 3 is 2.52 bits per heavy atom. The molecular formula is C24H20N2O2S. The number of nitrogens with one attached hydrogen (secondary N) is 1. The zero-order valence-corrected chi connectivity index (χ0v) is 16.8. The van der Waals surface area contributed by atoms with Crippen molar-refractivity contribution in [3.05, 3.63) is 96.1 Å². The molecule has 29 heavy (non-hydrogen) atoms. The maximum Gasteiger partial charge on any atom is 0.255 e. The van der Waals surface area contributed by atoms with Crippen LogP contribution in [-0.2, 0) is 5.75 Å². The van der Waals surface area contributed by atoms with Crippen LogP contribution in [0.25, 0.3) is 10.9 Å². The van der Waals surface area contributed by atoms with Gasteiger partial charge in [-0.2, -0.15) is 0 Å². The first-order valence-electron chi connectivity index (χ1n) is 9.25. The van der Waals surface area contributed by atoms with Crippen LogP contribution in [0, 0.1) is 0 Å². The summed E-state index contributed by atoms with van der Waals surface area (Å²) in [6.45, 7) is 0. The molecule has 0 radical (unpaired) electrons. The van der Waals surface area contributed by atoms with Gasteiger partial charge in [0.1, 0.15) is 5.75 Å². The molecule has 3 aromatic carbocycles. The van der Waals surface area contributed by atoms with Crippen LogP contribution in [-0.4, -0.2) is 18.0 Å². The van der Waals surface area contributed by atoms with Crippen molar-refractivity contribution in [2.24, 2.45) is 0 Å². The van der Waals surface area contributed by atoms with Gasteiger partial charge in [0.25, 0.3) is 5.91 Å². The Balaban J connectivity index is 1.40. The molecule has 1 aromatic heterocycles. The molecule has 0 aliphatic carbocycles. The van der Waals surface area contributed by atoms with Crippen LogP contribution in [0.3, 0.4) is 0 Å². The van der Waals surface area contributed by atoms with Crippen molar-refractivity contribution >= 4 is 34.3 Å². The van der Waals surface area contributed by atoms with Gasteiger partial charge in [-0.15, -0.1) is 11.8 Å². The van der Waals surface area contributed by atoms with Crippen molar-refractivity contribution in [3.8, 4) is 5.75 Å². The molecule has 0 unspecified atom stereocenters. The Morgan fingerprint density at radius 1 is 0.931 bits per heavy atom. The van der Waals surface area contributed by atoms with Crippen LogP contribution >= 0.6 is 11.8 Å². The summed E-state index contributed by atoms with van der Waals surface area (Å²) in [5, 5.41) is 5.02. The fourth-order valence-corrected chi connectivity index (χ4v) is 3.81. The summed E-state index contributed by atoms with van der Waals surface area (Å²) in [6, 6.07) is 27.2. The highest BCUT2D eigenvalue weighted by Gasteiger charge is 2.09. The molecule has 1 N–H and O–H groups in total. The van der Waals surface area contributed by atoms with Crippen molar-refractivity contribution in [1.82, 2.24) is 4.98 Å². The number of para-hydroxylation sites is 3.